The average molecular weight is 468 g/mol. The van der Waals surface area contributed by atoms with Crippen LogP contribution in [-0.2, 0) is 4.79 Å². The van der Waals surface area contributed by atoms with Crippen LogP contribution in [0.5, 0.6) is 0 Å². The van der Waals surface area contributed by atoms with Gasteiger partial charge in [-0.1, -0.05) is 77.8 Å². The lowest BCUT2D eigenvalue weighted by molar-refractivity contribution is -0.118. The Labute approximate surface area is 202 Å². The standard InChI is InChI=1S/C29H22ClNO3/c1-16-7-9-18(10-8-16)25-26(17(2)32)31-23-13-12-20(30)15-19(23)11-14-24(31)29(25)27(33)21-5-3-4-6-22(21)28(29)34/h3-15,24-26H,1-2H3/t24-,25+,26-/m1/s1. The minimum atomic E-state index is -1.43. The summed E-state index contributed by atoms with van der Waals surface area (Å²) in [6.45, 7) is 3.54. The molecule has 2 heterocycles. The van der Waals surface area contributed by atoms with Crippen molar-refractivity contribution in [1.82, 2.24) is 0 Å². The molecule has 0 N–H and O–H groups in total. The molecule has 0 bridgehead atoms. The molecule has 1 saturated heterocycles. The van der Waals surface area contributed by atoms with Crippen LogP contribution in [0, 0.1) is 12.3 Å². The highest BCUT2D eigenvalue weighted by molar-refractivity contribution is 6.32. The molecule has 3 aromatic carbocycles. The monoisotopic (exact) mass is 467 g/mol. The van der Waals surface area contributed by atoms with E-state index >= 15 is 0 Å². The van der Waals surface area contributed by atoms with Crippen molar-refractivity contribution in [2.24, 2.45) is 5.41 Å². The van der Waals surface area contributed by atoms with Crippen LogP contribution in [0.2, 0.25) is 5.02 Å². The van der Waals surface area contributed by atoms with Gasteiger partial charge in [0.2, 0.25) is 0 Å². The number of carbonyl (C=O) groups is 3. The van der Waals surface area contributed by atoms with Gasteiger partial charge in [0.1, 0.15) is 5.41 Å². The van der Waals surface area contributed by atoms with E-state index in [0.717, 1.165) is 22.4 Å². The molecule has 0 unspecified atom stereocenters. The third-order valence-electron chi connectivity index (χ3n) is 7.62. The molecule has 6 rings (SSSR count). The molecule has 3 aliphatic rings. The molecule has 168 valence electrons. The van der Waals surface area contributed by atoms with Crippen molar-refractivity contribution in [3.8, 4) is 0 Å². The van der Waals surface area contributed by atoms with Gasteiger partial charge in [-0.25, -0.2) is 0 Å². The van der Waals surface area contributed by atoms with E-state index in [9.17, 15) is 14.4 Å². The van der Waals surface area contributed by atoms with Crippen LogP contribution in [0.3, 0.4) is 0 Å². The van der Waals surface area contributed by atoms with Crippen molar-refractivity contribution >= 4 is 40.7 Å². The SMILES string of the molecule is CC(=O)[C@@H]1[C@H](c2ccc(C)cc2)C2(C(=O)c3ccccc3C2=O)[C@H]2C=Cc3cc(Cl)ccc3N12. The summed E-state index contributed by atoms with van der Waals surface area (Å²) in [5.74, 6) is -1.13. The average Bonchev–Trinajstić information content (AvgIpc) is 3.26. The lowest BCUT2D eigenvalue weighted by Gasteiger charge is -2.37. The summed E-state index contributed by atoms with van der Waals surface area (Å²) in [5, 5.41) is 0.589. The number of nitrogens with zero attached hydrogens (tertiary/aromatic N) is 1. The number of rotatable bonds is 2. The zero-order valence-electron chi connectivity index (χ0n) is 18.8. The largest absolute Gasteiger partial charge is 0.352 e. The summed E-state index contributed by atoms with van der Waals surface area (Å²) in [4.78, 5) is 43.8. The lowest BCUT2D eigenvalue weighted by atomic mass is 9.64. The fourth-order valence-corrected chi connectivity index (χ4v) is 6.43. The molecule has 0 aromatic heterocycles. The number of anilines is 1. The Morgan fingerprint density at radius 2 is 1.59 bits per heavy atom. The van der Waals surface area contributed by atoms with Gasteiger partial charge >= 0.3 is 0 Å². The van der Waals surface area contributed by atoms with E-state index in [0.29, 0.717) is 16.1 Å². The number of halogens is 1. The molecule has 4 nitrogen and oxygen atoms in total. The van der Waals surface area contributed by atoms with E-state index < -0.39 is 23.4 Å². The molecule has 2 aliphatic heterocycles. The second-order valence-corrected chi connectivity index (χ2v) is 9.87. The van der Waals surface area contributed by atoms with E-state index in [2.05, 4.69) is 0 Å². The molecule has 3 aromatic rings. The summed E-state index contributed by atoms with van der Waals surface area (Å²) in [5.41, 5.74) is 3.00. The Balaban J connectivity index is 1.68. The van der Waals surface area contributed by atoms with Gasteiger partial charge in [-0.2, -0.15) is 0 Å². The lowest BCUT2D eigenvalue weighted by Crippen LogP contribution is -2.48. The Hall–Kier alpha value is -3.50. The van der Waals surface area contributed by atoms with Crippen LogP contribution in [-0.4, -0.2) is 29.4 Å². The number of aryl methyl sites for hydroxylation is 1. The first-order chi connectivity index (χ1) is 16.4. The van der Waals surface area contributed by atoms with E-state index in [1.54, 1.807) is 37.3 Å². The molecular weight excluding hydrogens is 446 g/mol. The smallest absolute Gasteiger partial charge is 0.180 e. The summed E-state index contributed by atoms with van der Waals surface area (Å²) in [6, 6.07) is 19.1. The minimum Gasteiger partial charge on any atom is -0.352 e. The number of fused-ring (bicyclic) bond motifs is 5. The van der Waals surface area contributed by atoms with Crippen molar-refractivity contribution < 1.29 is 14.4 Å². The van der Waals surface area contributed by atoms with Crippen LogP contribution in [0.15, 0.2) is 72.8 Å². The van der Waals surface area contributed by atoms with Gasteiger partial charge < -0.3 is 4.90 Å². The maximum absolute atomic E-state index is 14.3. The molecule has 3 atom stereocenters. The third kappa shape index (κ3) is 2.57. The molecule has 1 fully saturated rings. The fourth-order valence-electron chi connectivity index (χ4n) is 6.25. The highest BCUT2D eigenvalue weighted by atomic mass is 35.5. The molecule has 0 amide bonds. The van der Waals surface area contributed by atoms with E-state index in [1.165, 1.54) is 0 Å². The van der Waals surface area contributed by atoms with Crippen molar-refractivity contribution in [2.75, 3.05) is 4.90 Å². The summed E-state index contributed by atoms with van der Waals surface area (Å²) in [7, 11) is 0. The zero-order valence-corrected chi connectivity index (χ0v) is 19.5. The van der Waals surface area contributed by atoms with Crippen LogP contribution in [0.1, 0.15) is 50.2 Å². The number of benzene rings is 3. The number of hydrogen-bond acceptors (Lipinski definition) is 4. The molecule has 5 heteroatoms. The van der Waals surface area contributed by atoms with Crippen LogP contribution in [0.25, 0.3) is 6.08 Å². The predicted octanol–water partition coefficient (Wildman–Crippen LogP) is 5.67. The van der Waals surface area contributed by atoms with E-state index in [4.69, 9.17) is 11.6 Å². The van der Waals surface area contributed by atoms with Gasteiger partial charge in [0.25, 0.3) is 0 Å². The highest BCUT2D eigenvalue weighted by Gasteiger charge is 2.71. The Morgan fingerprint density at radius 3 is 2.21 bits per heavy atom. The van der Waals surface area contributed by atoms with Crippen LogP contribution >= 0.6 is 11.6 Å². The fraction of sp³-hybridized carbons (Fsp3) is 0.207. The number of ketones is 3. The van der Waals surface area contributed by atoms with Crippen molar-refractivity contribution in [1.29, 1.82) is 0 Å². The van der Waals surface area contributed by atoms with Gasteiger partial charge in [-0.15, -0.1) is 0 Å². The first kappa shape index (κ1) is 21.1. The maximum atomic E-state index is 14.3. The second kappa shape index (κ2) is 7.25. The first-order valence-corrected chi connectivity index (χ1v) is 11.7. The molecule has 1 spiro atoms. The Morgan fingerprint density at radius 1 is 0.941 bits per heavy atom. The Kier molecular flexibility index (Phi) is 4.49. The number of hydrogen-bond donors (Lipinski definition) is 0. The summed E-state index contributed by atoms with van der Waals surface area (Å²) in [6.07, 6.45) is 3.83. The van der Waals surface area contributed by atoms with Gasteiger partial charge in [-0.05, 0) is 43.2 Å². The number of Topliss-reactive ketones (excluding diaryl/α,β-unsaturated/α-hetero) is 3. The van der Waals surface area contributed by atoms with Gasteiger partial charge in [0, 0.05) is 27.8 Å². The van der Waals surface area contributed by atoms with Crippen molar-refractivity contribution in [3.05, 3.63) is 106 Å². The molecule has 34 heavy (non-hydrogen) atoms. The summed E-state index contributed by atoms with van der Waals surface area (Å²) < 4.78 is 0. The van der Waals surface area contributed by atoms with Crippen LogP contribution in [0.4, 0.5) is 5.69 Å². The highest BCUT2D eigenvalue weighted by Crippen LogP contribution is 2.60. The molecule has 0 saturated carbocycles. The van der Waals surface area contributed by atoms with Gasteiger partial charge in [0.05, 0.1) is 12.1 Å². The van der Waals surface area contributed by atoms with E-state index in [-0.39, 0.29) is 17.3 Å². The quantitative estimate of drug-likeness (QED) is 0.455. The van der Waals surface area contributed by atoms with Crippen molar-refractivity contribution in [3.63, 3.8) is 0 Å². The first-order valence-electron chi connectivity index (χ1n) is 11.4. The van der Waals surface area contributed by atoms with Gasteiger partial charge in [-0.3, -0.25) is 14.4 Å². The topological polar surface area (TPSA) is 54.5 Å². The summed E-state index contributed by atoms with van der Waals surface area (Å²) >= 11 is 6.26. The molecular formula is C29H22ClNO3. The minimum absolute atomic E-state index is 0.0831. The van der Waals surface area contributed by atoms with Gasteiger partial charge in [0.15, 0.2) is 17.3 Å². The Bertz CT molecular complexity index is 1390. The second-order valence-electron chi connectivity index (χ2n) is 9.43. The number of carbonyl (C=O) groups excluding carboxylic acids is 3. The third-order valence-corrected chi connectivity index (χ3v) is 7.85. The van der Waals surface area contributed by atoms with Crippen molar-refractivity contribution in [2.45, 2.75) is 31.8 Å². The van der Waals surface area contributed by atoms with E-state index in [1.807, 2.05) is 60.4 Å². The predicted molar refractivity (Wildman–Crippen MR) is 133 cm³/mol. The molecule has 1 aliphatic carbocycles. The normalized spacial score (nSPS) is 23.7. The van der Waals surface area contributed by atoms with Crippen LogP contribution < -0.4 is 4.90 Å². The molecule has 0 radical (unpaired) electrons. The zero-order chi connectivity index (χ0) is 23.8. The maximum Gasteiger partial charge on any atom is 0.180 e.